The number of carbonyl (C=O) groups excluding carboxylic acids is 1. The van der Waals surface area contributed by atoms with Crippen LogP contribution in [0.2, 0.25) is 0 Å². The van der Waals surface area contributed by atoms with Crippen LogP contribution in [0.25, 0.3) is 21.9 Å². The first-order valence-corrected chi connectivity index (χ1v) is 11.5. The molecule has 0 N–H and O–H groups in total. The summed E-state index contributed by atoms with van der Waals surface area (Å²) in [5.41, 5.74) is 5.20. The van der Waals surface area contributed by atoms with Crippen LogP contribution in [0, 0.1) is 0 Å². The molecule has 0 aliphatic rings. The Hall–Kier alpha value is -4.17. The zero-order valence-corrected chi connectivity index (χ0v) is 19.1. The van der Waals surface area contributed by atoms with E-state index in [-0.39, 0.29) is 11.7 Å². The van der Waals surface area contributed by atoms with Crippen molar-refractivity contribution < 1.29 is 9.53 Å². The minimum absolute atomic E-state index is 0.114. The summed E-state index contributed by atoms with van der Waals surface area (Å²) >= 11 is 0. The monoisotopic (exact) mass is 442 g/mol. The van der Waals surface area contributed by atoms with Gasteiger partial charge in [-0.25, -0.2) is 0 Å². The molecule has 0 heterocycles. The highest BCUT2D eigenvalue weighted by atomic mass is 16.5. The van der Waals surface area contributed by atoms with Crippen LogP contribution in [0.15, 0.2) is 121 Å². The fraction of sp³-hybridized carbons (Fsp3) is 0.0938. The van der Waals surface area contributed by atoms with E-state index in [4.69, 9.17) is 4.74 Å². The highest BCUT2D eigenvalue weighted by molar-refractivity contribution is 6.01. The van der Waals surface area contributed by atoms with Gasteiger partial charge in [-0.15, -0.1) is 0 Å². The molecule has 0 aliphatic carbocycles. The molecule has 0 radical (unpaired) electrons. The summed E-state index contributed by atoms with van der Waals surface area (Å²) in [5, 5.41) is 2.38. The van der Waals surface area contributed by atoms with Crippen molar-refractivity contribution in [3.8, 4) is 16.9 Å². The number of methoxy groups -OCH3 is 1. The van der Waals surface area contributed by atoms with Crippen LogP contribution >= 0.6 is 0 Å². The Balaban J connectivity index is 1.54. The molecule has 0 saturated carbocycles. The fourth-order valence-electron chi connectivity index (χ4n) is 4.55. The number of carbonyl (C=O) groups is 1. The Kier molecular flexibility index (Phi) is 6.22. The van der Waals surface area contributed by atoms with E-state index >= 15 is 0 Å². The van der Waals surface area contributed by atoms with Gasteiger partial charge in [0.15, 0.2) is 5.78 Å². The highest BCUT2D eigenvalue weighted by Gasteiger charge is 2.23. The molecule has 0 saturated heterocycles. The van der Waals surface area contributed by atoms with E-state index in [1.54, 1.807) is 7.11 Å². The first kappa shape index (κ1) is 21.7. The lowest BCUT2D eigenvalue weighted by molar-refractivity contribution is 0.0959. The van der Waals surface area contributed by atoms with Gasteiger partial charge >= 0.3 is 0 Å². The Morgan fingerprint density at radius 2 is 1.32 bits per heavy atom. The van der Waals surface area contributed by atoms with Gasteiger partial charge in [0.25, 0.3) is 0 Å². The van der Waals surface area contributed by atoms with E-state index in [1.165, 1.54) is 21.9 Å². The van der Waals surface area contributed by atoms with Crippen LogP contribution in [0.4, 0.5) is 0 Å². The summed E-state index contributed by atoms with van der Waals surface area (Å²) < 4.78 is 5.28. The zero-order chi connectivity index (χ0) is 23.3. The second-order valence-electron chi connectivity index (χ2n) is 8.48. The van der Waals surface area contributed by atoms with E-state index in [2.05, 4.69) is 78.9 Å². The van der Waals surface area contributed by atoms with Gasteiger partial charge in [0, 0.05) is 5.56 Å². The topological polar surface area (TPSA) is 26.3 Å². The average Bonchev–Trinajstić information content (AvgIpc) is 2.92. The quantitative estimate of drug-likeness (QED) is 0.241. The van der Waals surface area contributed by atoms with E-state index in [0.717, 1.165) is 16.9 Å². The van der Waals surface area contributed by atoms with Crippen LogP contribution in [0.3, 0.4) is 0 Å². The first-order chi connectivity index (χ1) is 16.7. The summed E-state index contributed by atoms with van der Waals surface area (Å²) in [5.74, 6) is 0.571. The normalized spacial score (nSPS) is 11.8. The molecule has 0 aromatic heterocycles. The minimum Gasteiger partial charge on any atom is -0.497 e. The summed E-state index contributed by atoms with van der Waals surface area (Å²) in [6.07, 6.45) is 0.636. The van der Waals surface area contributed by atoms with Gasteiger partial charge in [-0.05, 0) is 63.7 Å². The third kappa shape index (κ3) is 4.49. The van der Waals surface area contributed by atoms with Gasteiger partial charge in [0.2, 0.25) is 0 Å². The third-order valence-corrected chi connectivity index (χ3v) is 6.42. The largest absolute Gasteiger partial charge is 0.497 e. The van der Waals surface area contributed by atoms with Crippen molar-refractivity contribution in [3.05, 3.63) is 138 Å². The standard InChI is InChI=1S/C32H26O2/c1-34-29-20-18-27(19-21-29)32(33)31(22-28-12-7-11-25-10-5-6-13-30(25)28)26-16-14-24(15-17-26)23-8-3-2-4-9-23/h2-21,31H,22H2,1H3/t31-/m1/s1. The number of hydrogen-bond donors (Lipinski definition) is 0. The molecule has 0 aliphatic heterocycles. The molecular weight excluding hydrogens is 416 g/mol. The first-order valence-electron chi connectivity index (χ1n) is 11.5. The number of ether oxygens (including phenoxy) is 1. The molecule has 166 valence electrons. The van der Waals surface area contributed by atoms with Crippen molar-refractivity contribution in [1.29, 1.82) is 0 Å². The van der Waals surface area contributed by atoms with Gasteiger partial charge in [-0.1, -0.05) is 97.1 Å². The van der Waals surface area contributed by atoms with Crippen LogP contribution in [0.1, 0.15) is 27.4 Å². The second kappa shape index (κ2) is 9.76. The number of rotatable bonds is 7. The highest BCUT2D eigenvalue weighted by Crippen LogP contribution is 2.31. The van der Waals surface area contributed by atoms with E-state index in [9.17, 15) is 4.79 Å². The number of ketones is 1. The van der Waals surface area contributed by atoms with Crippen molar-refractivity contribution in [2.75, 3.05) is 7.11 Å². The lowest BCUT2D eigenvalue weighted by atomic mass is 9.84. The molecule has 0 spiro atoms. The predicted octanol–water partition coefficient (Wildman–Crippen LogP) is 7.72. The van der Waals surface area contributed by atoms with Gasteiger partial charge in [0.05, 0.1) is 13.0 Å². The lowest BCUT2D eigenvalue weighted by Gasteiger charge is -2.19. The molecular formula is C32H26O2. The molecule has 5 aromatic rings. The second-order valence-corrected chi connectivity index (χ2v) is 8.48. The summed E-state index contributed by atoms with van der Waals surface area (Å²) in [6, 6.07) is 40.8. The smallest absolute Gasteiger partial charge is 0.170 e. The average molecular weight is 443 g/mol. The Bertz CT molecular complexity index is 1400. The van der Waals surface area contributed by atoms with Crippen LogP contribution in [-0.2, 0) is 6.42 Å². The van der Waals surface area contributed by atoms with Gasteiger partial charge in [0.1, 0.15) is 5.75 Å². The minimum atomic E-state index is -0.288. The maximum atomic E-state index is 13.8. The predicted molar refractivity (Wildman–Crippen MR) is 140 cm³/mol. The van der Waals surface area contributed by atoms with Crippen molar-refractivity contribution >= 4 is 16.6 Å². The van der Waals surface area contributed by atoms with Gasteiger partial charge in [-0.3, -0.25) is 4.79 Å². The van der Waals surface area contributed by atoms with Gasteiger partial charge < -0.3 is 4.74 Å². The molecule has 0 fully saturated rings. The van der Waals surface area contributed by atoms with E-state index in [1.807, 2.05) is 42.5 Å². The van der Waals surface area contributed by atoms with Crippen molar-refractivity contribution in [2.24, 2.45) is 0 Å². The SMILES string of the molecule is COc1ccc(C(=O)[C@H](Cc2cccc3ccccc23)c2ccc(-c3ccccc3)cc2)cc1. The van der Waals surface area contributed by atoms with E-state index < -0.39 is 0 Å². The molecule has 0 bridgehead atoms. The fourth-order valence-corrected chi connectivity index (χ4v) is 4.55. The zero-order valence-electron chi connectivity index (χ0n) is 19.1. The molecule has 5 aromatic carbocycles. The van der Waals surface area contributed by atoms with Crippen LogP contribution in [0.5, 0.6) is 5.75 Å². The molecule has 2 heteroatoms. The number of hydrogen-bond acceptors (Lipinski definition) is 2. The molecule has 0 unspecified atom stereocenters. The molecule has 5 rings (SSSR count). The Labute approximate surface area is 200 Å². The van der Waals surface area contributed by atoms with Gasteiger partial charge in [-0.2, -0.15) is 0 Å². The molecule has 2 nitrogen and oxygen atoms in total. The third-order valence-electron chi connectivity index (χ3n) is 6.42. The molecule has 1 atom stereocenters. The van der Waals surface area contributed by atoms with Crippen molar-refractivity contribution in [1.82, 2.24) is 0 Å². The molecule has 34 heavy (non-hydrogen) atoms. The summed E-state index contributed by atoms with van der Waals surface area (Å²) in [6.45, 7) is 0. The maximum absolute atomic E-state index is 13.8. The van der Waals surface area contributed by atoms with Crippen molar-refractivity contribution in [3.63, 3.8) is 0 Å². The van der Waals surface area contributed by atoms with Crippen molar-refractivity contribution in [2.45, 2.75) is 12.3 Å². The van der Waals surface area contributed by atoms with E-state index in [0.29, 0.717) is 12.0 Å². The molecule has 0 amide bonds. The van der Waals surface area contributed by atoms with Crippen LogP contribution in [-0.4, -0.2) is 12.9 Å². The number of Topliss-reactive ketones (excluding diaryl/α,β-unsaturated/α-hetero) is 1. The Morgan fingerprint density at radius 1 is 0.676 bits per heavy atom. The number of fused-ring (bicyclic) bond motifs is 1. The maximum Gasteiger partial charge on any atom is 0.170 e. The lowest BCUT2D eigenvalue weighted by Crippen LogP contribution is -2.16. The van der Waals surface area contributed by atoms with Crippen LogP contribution < -0.4 is 4.74 Å². The summed E-state index contributed by atoms with van der Waals surface area (Å²) in [4.78, 5) is 13.8. The summed E-state index contributed by atoms with van der Waals surface area (Å²) in [7, 11) is 1.63. The Morgan fingerprint density at radius 3 is 2.06 bits per heavy atom. The number of benzene rings is 5.